The average Bonchev–Trinajstić information content (AvgIpc) is 2.32. The van der Waals surface area contributed by atoms with Gasteiger partial charge in [-0.25, -0.2) is 0 Å². The number of carbonyl (C=O) groups excluding carboxylic acids is 2. The van der Waals surface area contributed by atoms with Crippen LogP contribution in [0.15, 0.2) is 0 Å². The van der Waals surface area contributed by atoms with Crippen LogP contribution in [0.5, 0.6) is 0 Å². The van der Waals surface area contributed by atoms with Crippen LogP contribution in [0.3, 0.4) is 0 Å². The Morgan fingerprint density at radius 3 is 2.77 bits per heavy atom. The molecule has 0 saturated carbocycles. The normalized spacial score (nSPS) is 23.1. The molecule has 1 N–H and O–H groups in total. The molecule has 5 nitrogen and oxygen atoms in total. The number of carbonyl (C=O) groups is 2. The fourth-order valence-electron chi connectivity index (χ4n) is 1.38. The molecule has 0 aromatic rings. The Kier molecular flexibility index (Phi) is 2.18. The van der Waals surface area contributed by atoms with Gasteiger partial charge in [0.25, 0.3) is 0 Å². The zero-order valence-corrected chi connectivity index (χ0v) is 7.28. The summed E-state index contributed by atoms with van der Waals surface area (Å²) in [5.74, 6) is -0.150. The third-order valence-corrected chi connectivity index (χ3v) is 2.33. The molecule has 2 amide bonds. The Labute approximate surface area is 76.0 Å². The number of ether oxygens (including phenoxy) is 1. The summed E-state index contributed by atoms with van der Waals surface area (Å²) in [7, 11) is 0. The molecule has 2 saturated heterocycles. The van der Waals surface area contributed by atoms with Gasteiger partial charge in [0.05, 0.1) is 19.1 Å². The van der Waals surface area contributed by atoms with Gasteiger partial charge in [-0.1, -0.05) is 0 Å². The van der Waals surface area contributed by atoms with Crippen LogP contribution in [0.4, 0.5) is 0 Å². The van der Waals surface area contributed by atoms with E-state index in [2.05, 4.69) is 5.43 Å². The Bertz CT molecular complexity index is 238. The highest BCUT2D eigenvalue weighted by Crippen LogP contribution is 2.12. The molecule has 0 unspecified atom stereocenters. The first-order valence-corrected chi connectivity index (χ1v) is 4.46. The molecule has 2 aliphatic heterocycles. The summed E-state index contributed by atoms with van der Waals surface area (Å²) in [6.07, 6.45) is 1.38. The standard InChI is InChI=1S/C8H12N2O3/c11-7-2-1-3-10(7)9-8(12)6-4-13-5-6/h6H,1-5H2,(H,9,12). The number of hydrogen-bond donors (Lipinski definition) is 1. The van der Waals surface area contributed by atoms with Crippen LogP contribution in [0.25, 0.3) is 0 Å². The molecule has 0 aliphatic carbocycles. The highest BCUT2D eigenvalue weighted by molar-refractivity contribution is 5.84. The highest BCUT2D eigenvalue weighted by atomic mass is 16.5. The van der Waals surface area contributed by atoms with Crippen molar-refractivity contribution >= 4 is 11.8 Å². The molecule has 0 atom stereocenters. The van der Waals surface area contributed by atoms with Gasteiger partial charge in [-0.15, -0.1) is 0 Å². The number of rotatable bonds is 2. The van der Waals surface area contributed by atoms with Crippen molar-refractivity contribution in [1.29, 1.82) is 0 Å². The van der Waals surface area contributed by atoms with Crippen LogP contribution in [-0.4, -0.2) is 36.6 Å². The van der Waals surface area contributed by atoms with Crippen molar-refractivity contribution < 1.29 is 14.3 Å². The Morgan fingerprint density at radius 2 is 2.31 bits per heavy atom. The van der Waals surface area contributed by atoms with Crippen molar-refractivity contribution in [3.8, 4) is 0 Å². The molecule has 2 rings (SSSR count). The van der Waals surface area contributed by atoms with E-state index >= 15 is 0 Å². The highest BCUT2D eigenvalue weighted by Gasteiger charge is 2.30. The quantitative estimate of drug-likeness (QED) is 0.616. The lowest BCUT2D eigenvalue weighted by molar-refractivity contribution is -0.149. The molecular formula is C8H12N2O3. The van der Waals surface area contributed by atoms with Crippen molar-refractivity contribution in [2.45, 2.75) is 12.8 Å². The van der Waals surface area contributed by atoms with Gasteiger partial charge in [0.15, 0.2) is 0 Å². The largest absolute Gasteiger partial charge is 0.380 e. The molecule has 13 heavy (non-hydrogen) atoms. The maximum absolute atomic E-state index is 11.3. The van der Waals surface area contributed by atoms with Crippen LogP contribution >= 0.6 is 0 Å². The first kappa shape index (κ1) is 8.50. The van der Waals surface area contributed by atoms with E-state index in [1.54, 1.807) is 0 Å². The zero-order chi connectivity index (χ0) is 9.26. The Hall–Kier alpha value is -1.10. The van der Waals surface area contributed by atoms with Gasteiger partial charge < -0.3 is 4.74 Å². The molecule has 0 spiro atoms. The molecule has 5 heteroatoms. The van der Waals surface area contributed by atoms with E-state index < -0.39 is 0 Å². The molecule has 72 valence electrons. The Morgan fingerprint density at radius 1 is 1.54 bits per heavy atom. The van der Waals surface area contributed by atoms with Gasteiger partial charge in [0.2, 0.25) is 11.8 Å². The van der Waals surface area contributed by atoms with Crippen LogP contribution in [0, 0.1) is 5.92 Å². The fraction of sp³-hybridized carbons (Fsp3) is 0.750. The fourth-order valence-corrected chi connectivity index (χ4v) is 1.38. The van der Waals surface area contributed by atoms with E-state index in [1.165, 1.54) is 5.01 Å². The van der Waals surface area contributed by atoms with Gasteiger partial charge in [0, 0.05) is 13.0 Å². The predicted molar refractivity (Wildman–Crippen MR) is 43.4 cm³/mol. The Balaban J connectivity index is 1.82. The van der Waals surface area contributed by atoms with Gasteiger partial charge in [-0.3, -0.25) is 20.0 Å². The van der Waals surface area contributed by atoms with Crippen molar-refractivity contribution in [3.63, 3.8) is 0 Å². The van der Waals surface area contributed by atoms with Crippen molar-refractivity contribution in [1.82, 2.24) is 10.4 Å². The number of nitrogens with one attached hydrogen (secondary N) is 1. The minimum Gasteiger partial charge on any atom is -0.380 e. The van der Waals surface area contributed by atoms with E-state index in [4.69, 9.17) is 4.74 Å². The lowest BCUT2D eigenvalue weighted by Crippen LogP contribution is -2.50. The second kappa shape index (κ2) is 3.33. The summed E-state index contributed by atoms with van der Waals surface area (Å²) in [6.45, 7) is 1.60. The molecule has 0 radical (unpaired) electrons. The minimum atomic E-state index is -0.0958. The minimum absolute atomic E-state index is 0.00796. The smallest absolute Gasteiger partial charge is 0.246 e. The summed E-state index contributed by atoms with van der Waals surface area (Å²) >= 11 is 0. The first-order valence-electron chi connectivity index (χ1n) is 4.46. The van der Waals surface area contributed by atoms with Gasteiger partial charge in [0.1, 0.15) is 0 Å². The summed E-state index contributed by atoms with van der Waals surface area (Å²) < 4.78 is 4.88. The molecule has 0 aromatic heterocycles. The van der Waals surface area contributed by atoms with Gasteiger partial charge in [-0.2, -0.15) is 0 Å². The van der Waals surface area contributed by atoms with Crippen molar-refractivity contribution in [2.75, 3.05) is 19.8 Å². The van der Waals surface area contributed by atoms with Crippen LogP contribution in [-0.2, 0) is 14.3 Å². The molecule has 2 heterocycles. The number of amides is 2. The molecule has 0 bridgehead atoms. The van der Waals surface area contributed by atoms with E-state index in [0.717, 1.165) is 6.42 Å². The second-order valence-corrected chi connectivity index (χ2v) is 3.36. The molecule has 2 fully saturated rings. The molecular weight excluding hydrogens is 172 g/mol. The van der Waals surface area contributed by atoms with Crippen LogP contribution in [0.1, 0.15) is 12.8 Å². The van der Waals surface area contributed by atoms with Crippen LogP contribution < -0.4 is 5.43 Å². The topological polar surface area (TPSA) is 58.6 Å². The van der Waals surface area contributed by atoms with Gasteiger partial charge >= 0.3 is 0 Å². The summed E-state index contributed by atoms with van der Waals surface area (Å²) in [4.78, 5) is 22.5. The van der Waals surface area contributed by atoms with E-state index in [-0.39, 0.29) is 17.7 Å². The number of hydrazine groups is 1. The summed E-state index contributed by atoms with van der Waals surface area (Å²) in [5.41, 5.74) is 2.60. The predicted octanol–water partition coefficient (Wildman–Crippen LogP) is -0.714. The summed E-state index contributed by atoms with van der Waals surface area (Å²) in [6, 6.07) is 0. The third-order valence-electron chi connectivity index (χ3n) is 2.33. The van der Waals surface area contributed by atoms with Crippen molar-refractivity contribution in [2.24, 2.45) is 5.92 Å². The van der Waals surface area contributed by atoms with E-state index in [0.29, 0.717) is 26.2 Å². The summed E-state index contributed by atoms with van der Waals surface area (Å²) in [5, 5.41) is 1.40. The number of nitrogens with zero attached hydrogens (tertiary/aromatic N) is 1. The SMILES string of the molecule is O=C(NN1CCCC1=O)C1COC1. The zero-order valence-electron chi connectivity index (χ0n) is 7.28. The molecule has 2 aliphatic rings. The third kappa shape index (κ3) is 1.65. The number of hydrogen-bond acceptors (Lipinski definition) is 3. The first-order chi connectivity index (χ1) is 6.27. The van der Waals surface area contributed by atoms with Gasteiger partial charge in [-0.05, 0) is 6.42 Å². The van der Waals surface area contributed by atoms with E-state index in [9.17, 15) is 9.59 Å². The maximum Gasteiger partial charge on any atom is 0.246 e. The lowest BCUT2D eigenvalue weighted by atomic mass is 10.1. The van der Waals surface area contributed by atoms with Crippen LogP contribution in [0.2, 0.25) is 0 Å². The van der Waals surface area contributed by atoms with Crippen molar-refractivity contribution in [3.05, 3.63) is 0 Å². The maximum atomic E-state index is 11.3. The second-order valence-electron chi connectivity index (χ2n) is 3.36. The molecule has 0 aromatic carbocycles. The monoisotopic (exact) mass is 184 g/mol. The average molecular weight is 184 g/mol. The lowest BCUT2D eigenvalue weighted by Gasteiger charge is -2.27. The van der Waals surface area contributed by atoms with E-state index in [1.807, 2.05) is 0 Å².